The van der Waals surface area contributed by atoms with Crippen LogP contribution in [0.4, 0.5) is 0 Å². The lowest BCUT2D eigenvalue weighted by Crippen LogP contribution is -1.97. The molecule has 0 aliphatic carbocycles. The van der Waals surface area contributed by atoms with Gasteiger partial charge in [0.15, 0.2) is 0 Å². The van der Waals surface area contributed by atoms with Crippen LogP contribution in [-0.4, -0.2) is 6.16 Å². The Labute approximate surface area is 70.8 Å². The molecule has 0 radical (unpaired) electrons. The summed E-state index contributed by atoms with van der Waals surface area (Å²) in [5.74, 6) is 0.827. The van der Waals surface area contributed by atoms with Crippen LogP contribution in [0.25, 0.3) is 0 Å². The van der Waals surface area contributed by atoms with Crippen molar-refractivity contribution < 1.29 is 0 Å². The second-order valence-corrected chi connectivity index (χ2v) is 4.48. The molecule has 0 N–H and O–H groups in total. The SMILES string of the molecule is CC(C)CPc1ccccc1. The molecule has 1 aromatic rings. The molecule has 0 aliphatic heterocycles. The molecule has 1 aromatic carbocycles. The van der Waals surface area contributed by atoms with Crippen LogP contribution < -0.4 is 5.30 Å². The first-order valence-electron chi connectivity index (χ1n) is 4.08. The lowest BCUT2D eigenvalue weighted by molar-refractivity contribution is 0.749. The molecule has 0 aromatic heterocycles. The molecule has 1 unspecified atom stereocenters. The van der Waals surface area contributed by atoms with Gasteiger partial charge in [0.05, 0.1) is 0 Å². The summed E-state index contributed by atoms with van der Waals surface area (Å²) in [4.78, 5) is 0. The first-order chi connectivity index (χ1) is 5.29. The summed E-state index contributed by atoms with van der Waals surface area (Å²) < 4.78 is 0. The zero-order valence-corrected chi connectivity index (χ0v) is 8.17. The zero-order valence-electron chi connectivity index (χ0n) is 7.17. The lowest BCUT2D eigenvalue weighted by Gasteiger charge is -2.03. The molecule has 1 atom stereocenters. The smallest absolute Gasteiger partial charge is 0.0271 e. The Morgan fingerprint density at radius 2 is 1.82 bits per heavy atom. The molecule has 0 saturated heterocycles. The highest BCUT2D eigenvalue weighted by Crippen LogP contribution is 2.13. The summed E-state index contributed by atoms with van der Waals surface area (Å²) in [7, 11) is 0.985. The van der Waals surface area contributed by atoms with Gasteiger partial charge in [-0.1, -0.05) is 52.8 Å². The van der Waals surface area contributed by atoms with E-state index in [1.54, 1.807) is 0 Å². The average Bonchev–Trinajstić information content (AvgIpc) is 2.03. The summed E-state index contributed by atoms with van der Waals surface area (Å²) in [5.41, 5.74) is 0. The normalized spacial score (nSPS) is 11.5. The molecule has 0 amide bonds. The van der Waals surface area contributed by atoms with E-state index in [1.807, 2.05) is 0 Å². The van der Waals surface area contributed by atoms with Crippen molar-refractivity contribution in [2.24, 2.45) is 5.92 Å². The number of rotatable bonds is 3. The fourth-order valence-corrected chi connectivity index (χ4v) is 1.95. The molecule has 0 spiro atoms. The van der Waals surface area contributed by atoms with Gasteiger partial charge in [-0.25, -0.2) is 0 Å². The van der Waals surface area contributed by atoms with Crippen LogP contribution in [0, 0.1) is 5.92 Å². The maximum atomic E-state index is 2.27. The van der Waals surface area contributed by atoms with Crippen molar-refractivity contribution in [2.75, 3.05) is 6.16 Å². The van der Waals surface area contributed by atoms with Gasteiger partial charge in [-0.15, -0.1) is 0 Å². The molecule has 1 rings (SSSR count). The minimum atomic E-state index is 0.827. The first-order valence-corrected chi connectivity index (χ1v) is 5.28. The minimum Gasteiger partial charge on any atom is -0.0901 e. The maximum Gasteiger partial charge on any atom is -0.0271 e. The van der Waals surface area contributed by atoms with E-state index in [2.05, 4.69) is 44.2 Å². The van der Waals surface area contributed by atoms with Gasteiger partial charge in [0.25, 0.3) is 0 Å². The van der Waals surface area contributed by atoms with Crippen molar-refractivity contribution >= 4 is 13.9 Å². The summed E-state index contributed by atoms with van der Waals surface area (Å²) in [5, 5.41) is 1.49. The quantitative estimate of drug-likeness (QED) is 0.605. The third-order valence-electron chi connectivity index (χ3n) is 1.49. The first kappa shape index (κ1) is 8.74. The molecule has 0 heterocycles. The topological polar surface area (TPSA) is 0 Å². The van der Waals surface area contributed by atoms with Crippen LogP contribution in [0.2, 0.25) is 0 Å². The summed E-state index contributed by atoms with van der Waals surface area (Å²) >= 11 is 0. The second kappa shape index (κ2) is 4.51. The summed E-state index contributed by atoms with van der Waals surface area (Å²) in [6.45, 7) is 4.55. The van der Waals surface area contributed by atoms with E-state index in [-0.39, 0.29) is 0 Å². The third-order valence-corrected chi connectivity index (χ3v) is 3.25. The van der Waals surface area contributed by atoms with Gasteiger partial charge in [0.1, 0.15) is 0 Å². The van der Waals surface area contributed by atoms with Gasteiger partial charge in [0, 0.05) is 0 Å². The standard InChI is InChI=1S/C10H15P/c1-9(2)8-11-10-6-4-3-5-7-10/h3-7,9,11H,8H2,1-2H3. The number of benzene rings is 1. The van der Waals surface area contributed by atoms with Crippen LogP contribution in [0.3, 0.4) is 0 Å². The zero-order chi connectivity index (χ0) is 8.10. The Morgan fingerprint density at radius 3 is 2.36 bits per heavy atom. The highest BCUT2D eigenvalue weighted by atomic mass is 31.1. The van der Waals surface area contributed by atoms with Crippen molar-refractivity contribution in [1.29, 1.82) is 0 Å². The molecule has 0 nitrogen and oxygen atoms in total. The summed E-state index contributed by atoms with van der Waals surface area (Å²) in [6.07, 6.45) is 1.32. The Bertz CT molecular complexity index is 191. The van der Waals surface area contributed by atoms with Gasteiger partial charge in [0.2, 0.25) is 0 Å². The Morgan fingerprint density at radius 1 is 1.18 bits per heavy atom. The molecular formula is C10H15P. The predicted octanol–water partition coefficient (Wildman–Crippen LogP) is 2.65. The van der Waals surface area contributed by atoms with E-state index in [0.29, 0.717) is 0 Å². The third kappa shape index (κ3) is 3.53. The van der Waals surface area contributed by atoms with Crippen LogP contribution in [0.15, 0.2) is 30.3 Å². The molecule has 0 fully saturated rings. The van der Waals surface area contributed by atoms with Gasteiger partial charge >= 0.3 is 0 Å². The monoisotopic (exact) mass is 166 g/mol. The van der Waals surface area contributed by atoms with Crippen molar-refractivity contribution in [3.8, 4) is 0 Å². The van der Waals surface area contributed by atoms with E-state index < -0.39 is 0 Å². The maximum absolute atomic E-state index is 2.27. The Kier molecular flexibility index (Phi) is 3.59. The van der Waals surface area contributed by atoms with Gasteiger partial charge in [-0.2, -0.15) is 0 Å². The number of hydrogen-bond donors (Lipinski definition) is 0. The van der Waals surface area contributed by atoms with Crippen molar-refractivity contribution in [1.82, 2.24) is 0 Å². The lowest BCUT2D eigenvalue weighted by atomic mass is 10.3. The Hall–Kier alpha value is -0.350. The molecule has 11 heavy (non-hydrogen) atoms. The van der Waals surface area contributed by atoms with E-state index in [9.17, 15) is 0 Å². The van der Waals surface area contributed by atoms with E-state index in [0.717, 1.165) is 14.5 Å². The molecule has 0 aliphatic rings. The molecule has 0 bridgehead atoms. The minimum absolute atomic E-state index is 0.827. The van der Waals surface area contributed by atoms with Crippen molar-refractivity contribution in [2.45, 2.75) is 13.8 Å². The van der Waals surface area contributed by atoms with Crippen molar-refractivity contribution in [3.05, 3.63) is 30.3 Å². The van der Waals surface area contributed by atoms with Crippen LogP contribution in [0.5, 0.6) is 0 Å². The molecule has 0 saturated carbocycles. The number of hydrogen-bond acceptors (Lipinski definition) is 0. The Balaban J connectivity index is 2.39. The van der Waals surface area contributed by atoms with E-state index in [1.165, 1.54) is 11.5 Å². The van der Waals surface area contributed by atoms with Gasteiger partial charge in [-0.3, -0.25) is 0 Å². The molecule has 60 valence electrons. The van der Waals surface area contributed by atoms with E-state index >= 15 is 0 Å². The van der Waals surface area contributed by atoms with Gasteiger partial charge < -0.3 is 0 Å². The molecule has 1 heteroatoms. The highest BCUT2D eigenvalue weighted by Gasteiger charge is 1.94. The van der Waals surface area contributed by atoms with Crippen molar-refractivity contribution in [3.63, 3.8) is 0 Å². The molecular weight excluding hydrogens is 151 g/mol. The predicted molar refractivity (Wildman–Crippen MR) is 54.1 cm³/mol. The summed E-state index contributed by atoms with van der Waals surface area (Å²) in [6, 6.07) is 10.7. The van der Waals surface area contributed by atoms with Crippen LogP contribution in [-0.2, 0) is 0 Å². The van der Waals surface area contributed by atoms with Gasteiger partial charge in [-0.05, 0) is 17.4 Å². The van der Waals surface area contributed by atoms with Crippen LogP contribution >= 0.6 is 8.58 Å². The second-order valence-electron chi connectivity index (χ2n) is 3.14. The fourth-order valence-electron chi connectivity index (χ4n) is 0.878. The van der Waals surface area contributed by atoms with Crippen LogP contribution in [0.1, 0.15) is 13.8 Å². The highest BCUT2D eigenvalue weighted by molar-refractivity contribution is 7.47. The fraction of sp³-hybridized carbons (Fsp3) is 0.400. The van der Waals surface area contributed by atoms with E-state index in [4.69, 9.17) is 0 Å². The largest absolute Gasteiger partial charge is 0.0901 e. The average molecular weight is 166 g/mol.